The number of carbonyl (C=O) groups is 1. The van der Waals surface area contributed by atoms with Crippen LogP contribution in [0.25, 0.3) is 0 Å². The van der Waals surface area contributed by atoms with E-state index in [1.165, 1.54) is 0 Å². The second-order valence-electron chi connectivity index (χ2n) is 7.37. The van der Waals surface area contributed by atoms with Crippen molar-refractivity contribution in [3.8, 4) is 5.75 Å². The first-order valence-corrected chi connectivity index (χ1v) is 9.38. The molecule has 0 saturated carbocycles. The quantitative estimate of drug-likeness (QED) is 0.607. The Kier molecular flexibility index (Phi) is 5.78. The van der Waals surface area contributed by atoms with Gasteiger partial charge in [-0.1, -0.05) is 51.1 Å². The van der Waals surface area contributed by atoms with Crippen LogP contribution in [0.5, 0.6) is 5.75 Å². The average Bonchev–Trinajstić information content (AvgIpc) is 2.72. The number of ether oxygens (including phenoxy) is 1. The van der Waals surface area contributed by atoms with Crippen LogP contribution in [-0.4, -0.2) is 16.1 Å². The topological polar surface area (TPSA) is 59.4 Å². The summed E-state index contributed by atoms with van der Waals surface area (Å²) in [4.78, 5) is 15.4. The molecule has 0 radical (unpaired) electrons. The fourth-order valence-corrected chi connectivity index (χ4v) is 3.33. The van der Waals surface area contributed by atoms with Crippen LogP contribution in [-0.2, 0) is 12.0 Å². The van der Waals surface area contributed by atoms with Gasteiger partial charge >= 0.3 is 5.97 Å². The molecule has 144 valence electrons. The maximum atomic E-state index is 11.1. The number of rotatable bonds is 7. The van der Waals surface area contributed by atoms with Crippen LogP contribution in [0.2, 0.25) is 0 Å². The van der Waals surface area contributed by atoms with Crippen molar-refractivity contribution in [2.75, 3.05) is 0 Å². The number of carboxylic acid groups (broad SMARTS) is 1. The molecule has 1 unspecified atom stereocenters. The van der Waals surface area contributed by atoms with E-state index in [0.717, 1.165) is 22.6 Å². The van der Waals surface area contributed by atoms with Crippen LogP contribution in [0.4, 0.5) is 0 Å². The van der Waals surface area contributed by atoms with Crippen molar-refractivity contribution in [2.45, 2.75) is 32.8 Å². The summed E-state index contributed by atoms with van der Waals surface area (Å²) >= 11 is 0. The highest BCUT2D eigenvalue weighted by molar-refractivity contribution is 5.87. The number of pyridine rings is 1. The van der Waals surface area contributed by atoms with E-state index in [0.29, 0.717) is 18.1 Å². The summed E-state index contributed by atoms with van der Waals surface area (Å²) < 4.78 is 5.84. The van der Waals surface area contributed by atoms with Crippen molar-refractivity contribution in [3.63, 3.8) is 0 Å². The highest BCUT2D eigenvalue weighted by Gasteiger charge is 2.32. The number of aromatic nitrogens is 1. The molecular formula is C24H25NO3. The molecule has 4 nitrogen and oxygen atoms in total. The first kappa shape index (κ1) is 19.6. The third-order valence-corrected chi connectivity index (χ3v) is 5.45. The lowest BCUT2D eigenvalue weighted by molar-refractivity contribution is 0.0697. The molecule has 28 heavy (non-hydrogen) atoms. The van der Waals surface area contributed by atoms with E-state index in [-0.39, 0.29) is 5.41 Å². The van der Waals surface area contributed by atoms with Gasteiger partial charge < -0.3 is 9.84 Å². The van der Waals surface area contributed by atoms with Gasteiger partial charge in [0.1, 0.15) is 12.4 Å². The van der Waals surface area contributed by atoms with E-state index in [9.17, 15) is 4.79 Å². The van der Waals surface area contributed by atoms with Gasteiger partial charge in [-0.15, -0.1) is 0 Å². The second-order valence-corrected chi connectivity index (χ2v) is 7.37. The van der Waals surface area contributed by atoms with Crippen molar-refractivity contribution < 1.29 is 14.6 Å². The second kappa shape index (κ2) is 8.26. The Labute approximate surface area is 165 Å². The molecule has 1 N–H and O–H groups in total. The molecule has 1 atom stereocenters. The van der Waals surface area contributed by atoms with Crippen LogP contribution in [0, 0.1) is 5.92 Å². The van der Waals surface area contributed by atoms with E-state index in [4.69, 9.17) is 9.84 Å². The summed E-state index contributed by atoms with van der Waals surface area (Å²) in [7, 11) is 0. The van der Waals surface area contributed by atoms with Crippen LogP contribution in [0.15, 0.2) is 72.9 Å². The smallest absolute Gasteiger partial charge is 0.335 e. The summed E-state index contributed by atoms with van der Waals surface area (Å²) in [5.74, 6) is 0.206. The Morgan fingerprint density at radius 2 is 1.61 bits per heavy atom. The summed E-state index contributed by atoms with van der Waals surface area (Å²) in [6.45, 7) is 6.97. The monoisotopic (exact) mass is 375 g/mol. The number of hydrogen-bond donors (Lipinski definition) is 1. The first-order valence-electron chi connectivity index (χ1n) is 9.38. The number of nitrogens with zero attached hydrogens (tertiary/aromatic N) is 1. The molecule has 3 aromatic rings. The van der Waals surface area contributed by atoms with Gasteiger partial charge in [0, 0.05) is 11.6 Å². The zero-order valence-electron chi connectivity index (χ0n) is 16.4. The zero-order chi connectivity index (χ0) is 20.1. The molecule has 3 rings (SSSR count). The Balaban J connectivity index is 1.82. The van der Waals surface area contributed by atoms with Crippen LogP contribution < -0.4 is 4.74 Å². The highest BCUT2D eigenvalue weighted by Crippen LogP contribution is 2.39. The molecule has 0 bridgehead atoms. The highest BCUT2D eigenvalue weighted by atomic mass is 16.5. The molecule has 1 heterocycles. The lowest BCUT2D eigenvalue weighted by Crippen LogP contribution is -2.30. The minimum absolute atomic E-state index is 0.240. The largest absolute Gasteiger partial charge is 0.487 e. The molecule has 0 amide bonds. The van der Waals surface area contributed by atoms with Gasteiger partial charge in [-0.3, -0.25) is 4.98 Å². The fraction of sp³-hybridized carbons (Fsp3) is 0.250. The molecule has 4 heteroatoms. The lowest BCUT2D eigenvalue weighted by atomic mass is 9.68. The van der Waals surface area contributed by atoms with Gasteiger partial charge in [-0.2, -0.15) is 0 Å². The summed E-state index contributed by atoms with van der Waals surface area (Å²) in [6.07, 6.45) is 1.76. The Bertz CT molecular complexity index is 918. The third kappa shape index (κ3) is 4.06. The average molecular weight is 375 g/mol. The maximum Gasteiger partial charge on any atom is 0.335 e. The maximum absolute atomic E-state index is 11.1. The number of aromatic carboxylic acids is 1. The molecular weight excluding hydrogens is 350 g/mol. The number of carboxylic acids is 1. The predicted octanol–water partition coefficient (Wildman–Crippen LogP) is 5.32. The Morgan fingerprint density at radius 3 is 2.11 bits per heavy atom. The van der Waals surface area contributed by atoms with Crippen LogP contribution in [0.3, 0.4) is 0 Å². The molecule has 0 fully saturated rings. The van der Waals surface area contributed by atoms with Crippen molar-refractivity contribution in [1.29, 1.82) is 0 Å². The van der Waals surface area contributed by atoms with E-state index in [1.807, 2.05) is 42.5 Å². The van der Waals surface area contributed by atoms with Crippen molar-refractivity contribution in [3.05, 3.63) is 95.3 Å². The molecule has 0 aliphatic carbocycles. The molecule has 1 aromatic heterocycles. The third-order valence-electron chi connectivity index (χ3n) is 5.45. The van der Waals surface area contributed by atoms with E-state index >= 15 is 0 Å². The van der Waals surface area contributed by atoms with E-state index in [2.05, 4.69) is 37.9 Å². The van der Waals surface area contributed by atoms with Gasteiger partial charge in [-0.05, 0) is 53.4 Å². The molecule has 0 saturated heterocycles. The normalized spacial score (nSPS) is 13.1. The van der Waals surface area contributed by atoms with Gasteiger partial charge in [0.05, 0.1) is 11.3 Å². The summed E-state index contributed by atoms with van der Waals surface area (Å²) in [5, 5.41) is 9.15. The van der Waals surface area contributed by atoms with Crippen LogP contribution in [0.1, 0.15) is 48.0 Å². The SMILES string of the molecule is CC(C)C(C)(c1ccc(OCc2ccccn2)cc1)c1ccc(C(=O)O)cc1. The van der Waals surface area contributed by atoms with E-state index < -0.39 is 5.97 Å². The number of benzene rings is 2. The Hall–Kier alpha value is -3.14. The minimum Gasteiger partial charge on any atom is -0.487 e. The van der Waals surface area contributed by atoms with Gasteiger partial charge in [0.2, 0.25) is 0 Å². The Morgan fingerprint density at radius 1 is 1.00 bits per heavy atom. The molecule has 0 aliphatic rings. The summed E-state index contributed by atoms with van der Waals surface area (Å²) in [5.41, 5.74) is 3.20. The predicted molar refractivity (Wildman–Crippen MR) is 110 cm³/mol. The van der Waals surface area contributed by atoms with Crippen molar-refractivity contribution in [1.82, 2.24) is 4.98 Å². The number of hydrogen-bond acceptors (Lipinski definition) is 3. The molecule has 0 spiro atoms. The fourth-order valence-electron chi connectivity index (χ4n) is 3.33. The van der Waals surface area contributed by atoms with Crippen LogP contribution >= 0.6 is 0 Å². The van der Waals surface area contributed by atoms with Gasteiger partial charge in [-0.25, -0.2) is 4.79 Å². The lowest BCUT2D eigenvalue weighted by Gasteiger charge is -2.35. The van der Waals surface area contributed by atoms with E-state index in [1.54, 1.807) is 18.3 Å². The standard InChI is InChI=1S/C24H25NO3/c1-17(2)24(3,19-9-7-18(8-10-19)23(26)27)20-11-13-22(14-12-20)28-16-21-6-4-5-15-25-21/h4-15,17H,16H2,1-3H3,(H,26,27). The zero-order valence-corrected chi connectivity index (χ0v) is 16.4. The van der Waals surface area contributed by atoms with Gasteiger partial charge in [0.15, 0.2) is 0 Å². The van der Waals surface area contributed by atoms with Crippen molar-refractivity contribution in [2.24, 2.45) is 5.92 Å². The first-order chi connectivity index (χ1) is 13.4. The molecule has 0 aliphatic heterocycles. The van der Waals surface area contributed by atoms with Crippen molar-refractivity contribution >= 4 is 5.97 Å². The molecule has 2 aromatic carbocycles. The summed E-state index contributed by atoms with van der Waals surface area (Å²) in [6, 6.07) is 21.0. The van der Waals surface area contributed by atoms with Gasteiger partial charge in [0.25, 0.3) is 0 Å². The minimum atomic E-state index is -0.910.